The smallest absolute Gasteiger partial charge is 0.273 e. The number of nitrogens with zero attached hydrogens (tertiary/aromatic N) is 5. The Morgan fingerprint density at radius 1 is 1.21 bits per heavy atom. The van der Waals surface area contributed by atoms with Gasteiger partial charge in [0.25, 0.3) is 5.91 Å². The van der Waals surface area contributed by atoms with Crippen LogP contribution in [0.3, 0.4) is 0 Å². The van der Waals surface area contributed by atoms with Gasteiger partial charge in [-0.3, -0.25) is 9.78 Å². The number of aromatic nitrogens is 4. The summed E-state index contributed by atoms with van der Waals surface area (Å²) in [5.74, 6) is 0.548. The normalized spacial score (nSPS) is 16.8. The molecule has 0 N–H and O–H groups in total. The molecule has 0 unspecified atom stereocenters. The van der Waals surface area contributed by atoms with Crippen LogP contribution in [0.4, 0.5) is 4.39 Å². The third-order valence-corrected chi connectivity index (χ3v) is 4.81. The van der Waals surface area contributed by atoms with Crippen LogP contribution in [0.5, 0.6) is 0 Å². The van der Waals surface area contributed by atoms with Crippen molar-refractivity contribution in [1.29, 1.82) is 0 Å². The van der Waals surface area contributed by atoms with Gasteiger partial charge in [0.1, 0.15) is 28.6 Å². The number of hydrogen-bond acceptors (Lipinski definition) is 5. The van der Waals surface area contributed by atoms with Gasteiger partial charge in [-0.05, 0) is 0 Å². The predicted octanol–water partition coefficient (Wildman–Crippen LogP) is 2.86. The molecule has 0 saturated carbocycles. The van der Waals surface area contributed by atoms with Crippen LogP contribution in [0.15, 0.2) is 18.6 Å². The molecule has 3 rings (SSSR count). The van der Waals surface area contributed by atoms with Gasteiger partial charge in [-0.15, -0.1) is 0 Å². The molecule has 0 atom stereocenters. The second kappa shape index (κ2) is 7.58. The van der Waals surface area contributed by atoms with Gasteiger partial charge >= 0.3 is 0 Å². The molecule has 1 aliphatic rings. The summed E-state index contributed by atoms with van der Waals surface area (Å²) >= 11 is 0. The number of hydrogen-bond donors (Lipinski definition) is 0. The highest BCUT2D eigenvalue weighted by Crippen LogP contribution is 2.31. The van der Waals surface area contributed by atoms with Crippen molar-refractivity contribution >= 4 is 5.91 Å². The number of halogens is 1. The lowest BCUT2D eigenvalue weighted by Gasteiger charge is -2.31. The highest BCUT2D eigenvalue weighted by atomic mass is 19.1. The first-order chi connectivity index (χ1) is 13.1. The molecular weight excluding hydrogens is 361 g/mol. The second-order valence-electron chi connectivity index (χ2n) is 8.58. The van der Waals surface area contributed by atoms with Crippen LogP contribution in [0.1, 0.15) is 49.9 Å². The minimum Gasteiger partial charge on any atom is -0.381 e. The lowest BCUT2D eigenvalue weighted by molar-refractivity contribution is -0.0184. The first-order valence-corrected chi connectivity index (χ1v) is 9.47. The van der Waals surface area contributed by atoms with Crippen molar-refractivity contribution in [2.24, 2.45) is 0 Å². The minimum atomic E-state index is -1.31. The molecule has 152 valence electrons. The number of amides is 1. The Morgan fingerprint density at radius 3 is 2.50 bits per heavy atom. The summed E-state index contributed by atoms with van der Waals surface area (Å²) in [5, 5.41) is 0. The fourth-order valence-electron chi connectivity index (χ4n) is 3.28. The van der Waals surface area contributed by atoms with Crippen molar-refractivity contribution in [2.75, 3.05) is 27.3 Å². The monoisotopic (exact) mass is 389 g/mol. The molecule has 2 aromatic heterocycles. The van der Waals surface area contributed by atoms with E-state index in [-0.39, 0.29) is 23.6 Å². The molecule has 0 bridgehead atoms. The van der Waals surface area contributed by atoms with Crippen LogP contribution in [0.2, 0.25) is 0 Å². The lowest BCUT2D eigenvalue weighted by Crippen LogP contribution is -2.37. The van der Waals surface area contributed by atoms with Gasteiger partial charge in [0.05, 0.1) is 18.9 Å². The largest absolute Gasteiger partial charge is 0.381 e. The Labute approximate surface area is 165 Å². The van der Waals surface area contributed by atoms with Crippen molar-refractivity contribution in [2.45, 2.75) is 51.2 Å². The number of rotatable bonds is 4. The summed E-state index contributed by atoms with van der Waals surface area (Å²) in [5.41, 5.74) is -0.256. The zero-order valence-corrected chi connectivity index (χ0v) is 17.2. The lowest BCUT2D eigenvalue weighted by atomic mass is 9.93. The van der Waals surface area contributed by atoms with Gasteiger partial charge in [-0.2, -0.15) is 0 Å². The maximum Gasteiger partial charge on any atom is 0.273 e. The zero-order chi connectivity index (χ0) is 20.5. The average molecular weight is 389 g/mol. The summed E-state index contributed by atoms with van der Waals surface area (Å²) in [6, 6.07) is 0. The molecule has 8 heteroatoms. The molecule has 1 saturated heterocycles. The first-order valence-electron chi connectivity index (χ1n) is 9.47. The van der Waals surface area contributed by atoms with Crippen LogP contribution in [-0.4, -0.2) is 63.3 Å². The average Bonchev–Trinajstić information content (AvgIpc) is 3.05. The molecule has 3 heterocycles. The highest BCUT2D eigenvalue weighted by molar-refractivity contribution is 5.92. The topological polar surface area (TPSA) is 73.1 Å². The molecule has 28 heavy (non-hydrogen) atoms. The SMILES string of the molecule is CN(C)C(=O)c1cncc(-c2cn(CC3(F)CCOCC3)c(C(C)(C)C)n2)n1. The van der Waals surface area contributed by atoms with Gasteiger partial charge in [0, 0.05) is 51.8 Å². The van der Waals surface area contributed by atoms with Crippen LogP contribution in [0.25, 0.3) is 11.4 Å². The number of imidazole rings is 1. The molecule has 7 nitrogen and oxygen atoms in total. The fourth-order valence-corrected chi connectivity index (χ4v) is 3.28. The predicted molar refractivity (Wildman–Crippen MR) is 104 cm³/mol. The van der Waals surface area contributed by atoms with Crippen molar-refractivity contribution < 1.29 is 13.9 Å². The molecular formula is C20H28FN5O2. The van der Waals surface area contributed by atoms with E-state index in [0.717, 1.165) is 5.82 Å². The minimum absolute atomic E-state index is 0.222. The summed E-state index contributed by atoms with van der Waals surface area (Å²) < 4.78 is 22.5. The molecule has 2 aromatic rings. The van der Waals surface area contributed by atoms with Crippen LogP contribution in [-0.2, 0) is 16.7 Å². The van der Waals surface area contributed by atoms with Gasteiger partial charge in [0.15, 0.2) is 0 Å². The van der Waals surface area contributed by atoms with E-state index in [1.54, 1.807) is 20.3 Å². The van der Waals surface area contributed by atoms with Crippen LogP contribution < -0.4 is 0 Å². The van der Waals surface area contributed by atoms with Crippen molar-refractivity contribution in [1.82, 2.24) is 24.4 Å². The summed E-state index contributed by atoms with van der Waals surface area (Å²) in [4.78, 5) is 26.9. The Morgan fingerprint density at radius 2 is 1.89 bits per heavy atom. The third kappa shape index (κ3) is 4.38. The molecule has 0 spiro atoms. The van der Waals surface area contributed by atoms with Crippen molar-refractivity contribution in [3.8, 4) is 11.4 Å². The van der Waals surface area contributed by atoms with Crippen molar-refractivity contribution in [3.05, 3.63) is 30.1 Å². The quantitative estimate of drug-likeness (QED) is 0.804. The summed E-state index contributed by atoms with van der Waals surface area (Å²) in [6.07, 6.45) is 5.57. The van der Waals surface area contributed by atoms with Crippen LogP contribution in [0, 0.1) is 0 Å². The van der Waals surface area contributed by atoms with Gasteiger partial charge in [-0.1, -0.05) is 20.8 Å². The van der Waals surface area contributed by atoms with Gasteiger partial charge < -0.3 is 14.2 Å². The van der Waals surface area contributed by atoms with E-state index in [0.29, 0.717) is 37.4 Å². The Balaban J connectivity index is 1.98. The Hall–Kier alpha value is -2.35. The van der Waals surface area contributed by atoms with E-state index < -0.39 is 5.67 Å². The standard InChI is InChI=1S/C20H28FN5O2/c1-19(2,3)18-24-16(12-26(18)13-20(21)6-8-28-9-7-20)14-10-22-11-15(23-14)17(27)25(4)5/h10-12H,6-9,13H2,1-5H3. The molecule has 1 aliphatic heterocycles. The maximum absolute atomic E-state index is 15.3. The first kappa shape index (κ1) is 20.4. The van der Waals surface area contributed by atoms with E-state index in [9.17, 15) is 4.79 Å². The Kier molecular flexibility index (Phi) is 5.52. The van der Waals surface area contributed by atoms with Crippen molar-refractivity contribution in [3.63, 3.8) is 0 Å². The van der Waals surface area contributed by atoms with E-state index >= 15 is 4.39 Å². The van der Waals surface area contributed by atoms with Gasteiger partial charge in [-0.25, -0.2) is 14.4 Å². The molecule has 1 fully saturated rings. The summed E-state index contributed by atoms with van der Waals surface area (Å²) in [6.45, 7) is 7.22. The molecule has 0 aliphatic carbocycles. The maximum atomic E-state index is 15.3. The van der Waals surface area contributed by atoms with E-state index in [2.05, 4.69) is 9.97 Å². The fraction of sp³-hybridized carbons (Fsp3) is 0.600. The number of carbonyl (C=O) groups is 1. The van der Waals surface area contributed by atoms with E-state index in [1.807, 2.05) is 31.5 Å². The number of alkyl halides is 1. The molecule has 0 radical (unpaired) electrons. The van der Waals surface area contributed by atoms with Gasteiger partial charge in [0.2, 0.25) is 0 Å². The zero-order valence-electron chi connectivity index (χ0n) is 17.2. The molecule has 1 amide bonds. The second-order valence-corrected chi connectivity index (χ2v) is 8.58. The van der Waals surface area contributed by atoms with Crippen LogP contribution >= 0.6 is 0 Å². The molecule has 0 aromatic carbocycles. The van der Waals surface area contributed by atoms with E-state index in [1.165, 1.54) is 11.1 Å². The van der Waals surface area contributed by atoms with E-state index in [4.69, 9.17) is 9.72 Å². The number of ether oxygens (including phenoxy) is 1. The Bertz CT molecular complexity index is 851. The highest BCUT2D eigenvalue weighted by Gasteiger charge is 2.35. The third-order valence-electron chi connectivity index (χ3n) is 4.81. The number of carbonyl (C=O) groups excluding carboxylic acids is 1. The summed E-state index contributed by atoms with van der Waals surface area (Å²) in [7, 11) is 3.33.